The summed E-state index contributed by atoms with van der Waals surface area (Å²) in [4.78, 5) is 24.3. The average molecular weight is 391 g/mol. The van der Waals surface area contributed by atoms with Crippen molar-refractivity contribution in [3.05, 3.63) is 60.2 Å². The van der Waals surface area contributed by atoms with E-state index in [-0.39, 0.29) is 23.6 Å². The quantitative estimate of drug-likeness (QED) is 0.520. The maximum absolute atomic E-state index is 12.3. The molecule has 0 aliphatic heterocycles. The number of hydrogen-bond donors (Lipinski definition) is 1. The van der Waals surface area contributed by atoms with Crippen molar-refractivity contribution in [3.63, 3.8) is 0 Å². The molecule has 0 aliphatic carbocycles. The molecule has 0 radical (unpaired) electrons. The Bertz CT molecular complexity index is 878. The molecule has 0 bridgehead atoms. The van der Waals surface area contributed by atoms with Crippen molar-refractivity contribution in [3.8, 4) is 5.75 Å². The van der Waals surface area contributed by atoms with E-state index in [1.54, 1.807) is 42.5 Å². The van der Waals surface area contributed by atoms with Crippen LogP contribution in [0.15, 0.2) is 59.5 Å². The number of nitrogens with one attached hydrogen (secondary N) is 1. The van der Waals surface area contributed by atoms with Crippen LogP contribution in [0.3, 0.4) is 0 Å². The van der Waals surface area contributed by atoms with Crippen molar-refractivity contribution < 1.29 is 27.5 Å². The molecule has 144 valence electrons. The zero-order chi connectivity index (χ0) is 19.9. The minimum absolute atomic E-state index is 0.112. The van der Waals surface area contributed by atoms with Crippen LogP contribution in [-0.2, 0) is 19.6 Å². The number of carbonyl (C=O) groups excluding carboxylic acids is 2. The van der Waals surface area contributed by atoms with E-state index >= 15 is 0 Å². The lowest BCUT2D eigenvalue weighted by Gasteiger charge is -2.13. The molecule has 7 nitrogen and oxygen atoms in total. The molecule has 0 amide bonds. The van der Waals surface area contributed by atoms with E-state index in [4.69, 9.17) is 9.47 Å². The van der Waals surface area contributed by atoms with Gasteiger partial charge in [-0.15, -0.1) is 0 Å². The Hall–Kier alpha value is -2.71. The third kappa shape index (κ3) is 5.90. The van der Waals surface area contributed by atoms with E-state index in [0.29, 0.717) is 11.3 Å². The fourth-order valence-corrected chi connectivity index (χ4v) is 3.32. The van der Waals surface area contributed by atoms with E-state index in [0.717, 1.165) is 0 Å². The summed E-state index contributed by atoms with van der Waals surface area (Å²) in [6, 6.07) is 14.3. The highest BCUT2D eigenvalue weighted by Crippen LogP contribution is 2.14. The van der Waals surface area contributed by atoms with Crippen molar-refractivity contribution in [1.29, 1.82) is 0 Å². The first kappa shape index (κ1) is 20.6. The number of Topliss-reactive ketones (excluding diaryl/α,β-unsaturated/α-hetero) is 1. The number of sulfonamides is 1. The second-order valence-electron chi connectivity index (χ2n) is 5.69. The summed E-state index contributed by atoms with van der Waals surface area (Å²) in [6.07, 6.45) is -1.16. The second kappa shape index (κ2) is 9.29. The van der Waals surface area contributed by atoms with Gasteiger partial charge in [-0.1, -0.05) is 18.2 Å². The summed E-state index contributed by atoms with van der Waals surface area (Å²) in [5, 5.41) is 0. The fourth-order valence-electron chi connectivity index (χ4n) is 2.27. The zero-order valence-corrected chi connectivity index (χ0v) is 15.9. The topological polar surface area (TPSA) is 98.8 Å². The highest BCUT2D eigenvalue weighted by atomic mass is 32.2. The standard InChI is InChI=1S/C19H21NO6S/c1-14(19(22)15-8-10-16(25-2)11-9-15)26-18(21)12-13-20-27(23,24)17-6-4-3-5-7-17/h3-11,14,20H,12-13H2,1-2H3/t14-/m1/s1. The normalized spacial score (nSPS) is 12.2. The van der Waals surface area contributed by atoms with Gasteiger partial charge in [0.1, 0.15) is 5.75 Å². The number of carbonyl (C=O) groups is 2. The van der Waals surface area contributed by atoms with E-state index in [1.807, 2.05) is 0 Å². The monoisotopic (exact) mass is 391 g/mol. The Morgan fingerprint density at radius 1 is 1.04 bits per heavy atom. The molecule has 2 rings (SSSR count). The van der Waals surface area contributed by atoms with Gasteiger partial charge >= 0.3 is 5.97 Å². The maximum Gasteiger partial charge on any atom is 0.307 e. The largest absolute Gasteiger partial charge is 0.497 e. The second-order valence-corrected chi connectivity index (χ2v) is 7.45. The minimum atomic E-state index is -3.69. The molecule has 0 unspecified atom stereocenters. The van der Waals surface area contributed by atoms with Gasteiger partial charge in [0.15, 0.2) is 6.10 Å². The van der Waals surface area contributed by atoms with Crippen LogP contribution in [-0.4, -0.2) is 39.9 Å². The number of benzene rings is 2. The lowest BCUT2D eigenvalue weighted by atomic mass is 10.1. The summed E-state index contributed by atoms with van der Waals surface area (Å²) < 4.78 is 36.5. The first-order valence-corrected chi connectivity index (χ1v) is 9.74. The Labute approximate surface area is 158 Å². The predicted octanol–water partition coefficient (Wildman–Crippen LogP) is 2.18. The van der Waals surface area contributed by atoms with Crippen molar-refractivity contribution in [2.45, 2.75) is 24.3 Å². The predicted molar refractivity (Wildman–Crippen MR) is 99.1 cm³/mol. The first-order valence-electron chi connectivity index (χ1n) is 8.26. The lowest BCUT2D eigenvalue weighted by molar-refractivity contribution is -0.146. The van der Waals surface area contributed by atoms with E-state index in [9.17, 15) is 18.0 Å². The molecule has 0 aliphatic rings. The Morgan fingerprint density at radius 2 is 1.67 bits per heavy atom. The fraction of sp³-hybridized carbons (Fsp3) is 0.263. The Kier molecular flexibility index (Phi) is 7.09. The van der Waals surface area contributed by atoms with Crippen LogP contribution < -0.4 is 9.46 Å². The molecule has 27 heavy (non-hydrogen) atoms. The van der Waals surface area contributed by atoms with Gasteiger partial charge in [-0.3, -0.25) is 9.59 Å². The van der Waals surface area contributed by atoms with Crippen LogP contribution in [0, 0.1) is 0 Å². The Balaban J connectivity index is 1.83. The molecule has 2 aromatic rings. The van der Waals surface area contributed by atoms with Gasteiger partial charge in [0, 0.05) is 12.1 Å². The van der Waals surface area contributed by atoms with Gasteiger partial charge in [-0.25, -0.2) is 13.1 Å². The molecule has 8 heteroatoms. The van der Waals surface area contributed by atoms with Crippen LogP contribution in [0.2, 0.25) is 0 Å². The molecule has 0 fully saturated rings. The van der Waals surface area contributed by atoms with Gasteiger partial charge < -0.3 is 9.47 Å². The highest BCUT2D eigenvalue weighted by molar-refractivity contribution is 7.89. The van der Waals surface area contributed by atoms with E-state index in [1.165, 1.54) is 26.2 Å². The highest BCUT2D eigenvalue weighted by Gasteiger charge is 2.20. The van der Waals surface area contributed by atoms with Crippen molar-refractivity contribution in [1.82, 2.24) is 4.72 Å². The third-order valence-corrected chi connectivity index (χ3v) is 5.20. The smallest absolute Gasteiger partial charge is 0.307 e. The molecule has 1 atom stereocenters. The first-order chi connectivity index (χ1) is 12.8. The summed E-state index contributed by atoms with van der Waals surface area (Å²) in [6.45, 7) is 1.35. The van der Waals surface area contributed by atoms with Crippen LogP contribution in [0.1, 0.15) is 23.7 Å². The molecular formula is C19H21NO6S. The number of ketones is 1. The molecule has 0 aromatic heterocycles. The molecule has 2 aromatic carbocycles. The summed E-state index contributed by atoms with van der Waals surface area (Å²) in [7, 11) is -2.17. The van der Waals surface area contributed by atoms with Gasteiger partial charge in [-0.2, -0.15) is 0 Å². The SMILES string of the molecule is COc1ccc(C(=O)[C@@H](C)OC(=O)CCNS(=O)(=O)c2ccccc2)cc1. The summed E-state index contributed by atoms with van der Waals surface area (Å²) in [5.74, 6) is -0.405. The minimum Gasteiger partial charge on any atom is -0.497 e. The van der Waals surface area contributed by atoms with Gasteiger partial charge in [0.25, 0.3) is 0 Å². The van der Waals surface area contributed by atoms with Crippen LogP contribution in [0.4, 0.5) is 0 Å². The average Bonchev–Trinajstić information content (AvgIpc) is 2.68. The summed E-state index contributed by atoms with van der Waals surface area (Å²) >= 11 is 0. The number of hydrogen-bond acceptors (Lipinski definition) is 6. The van der Waals surface area contributed by atoms with Gasteiger partial charge in [0.2, 0.25) is 15.8 Å². The number of rotatable bonds is 9. The molecule has 1 N–H and O–H groups in total. The van der Waals surface area contributed by atoms with Crippen molar-refractivity contribution >= 4 is 21.8 Å². The number of esters is 1. The van der Waals surface area contributed by atoms with E-state index in [2.05, 4.69) is 4.72 Å². The molecular weight excluding hydrogens is 370 g/mol. The van der Waals surface area contributed by atoms with Crippen molar-refractivity contribution in [2.24, 2.45) is 0 Å². The van der Waals surface area contributed by atoms with Crippen LogP contribution >= 0.6 is 0 Å². The molecule has 0 heterocycles. The molecule has 0 saturated carbocycles. The summed E-state index contributed by atoms with van der Waals surface area (Å²) in [5.41, 5.74) is 0.390. The van der Waals surface area contributed by atoms with Crippen LogP contribution in [0.25, 0.3) is 0 Å². The molecule has 0 saturated heterocycles. The van der Waals surface area contributed by atoms with E-state index < -0.39 is 22.1 Å². The number of methoxy groups -OCH3 is 1. The maximum atomic E-state index is 12.3. The van der Waals surface area contributed by atoms with Crippen molar-refractivity contribution in [2.75, 3.05) is 13.7 Å². The van der Waals surface area contributed by atoms with Crippen LogP contribution in [0.5, 0.6) is 5.75 Å². The van der Waals surface area contributed by atoms with Gasteiger partial charge in [0.05, 0.1) is 18.4 Å². The molecule has 0 spiro atoms. The third-order valence-electron chi connectivity index (χ3n) is 3.73. The lowest BCUT2D eigenvalue weighted by Crippen LogP contribution is -2.29. The van der Waals surface area contributed by atoms with Gasteiger partial charge in [-0.05, 0) is 43.3 Å². The zero-order valence-electron chi connectivity index (χ0n) is 15.0. The Morgan fingerprint density at radius 3 is 2.26 bits per heavy atom. The number of ether oxygens (including phenoxy) is 2.